The van der Waals surface area contributed by atoms with Crippen LogP contribution >= 0.6 is 15.9 Å². The number of likely N-dealkylation sites (N-methyl/N-ethyl adjacent to an activating group) is 1. The molecule has 0 saturated carbocycles. The molecule has 0 aliphatic carbocycles. The lowest BCUT2D eigenvalue weighted by Crippen LogP contribution is -2.46. The van der Waals surface area contributed by atoms with E-state index in [4.69, 9.17) is 9.47 Å². The molecule has 1 aromatic carbocycles. The average molecular weight is 407 g/mol. The number of ether oxygens (including phenoxy) is 2. The molecule has 1 aliphatic rings. The summed E-state index contributed by atoms with van der Waals surface area (Å²) in [7, 11) is -1.05. The van der Waals surface area contributed by atoms with Gasteiger partial charge in [0.15, 0.2) is 0 Å². The Bertz CT molecular complexity index is 674. The van der Waals surface area contributed by atoms with E-state index in [1.165, 1.54) is 20.2 Å². The number of rotatable bonds is 5. The van der Waals surface area contributed by atoms with E-state index < -0.39 is 10.0 Å². The molecule has 2 rings (SSSR count). The molecule has 0 unspecified atom stereocenters. The van der Waals surface area contributed by atoms with Crippen LogP contribution in [-0.4, -0.2) is 70.5 Å². The summed E-state index contributed by atoms with van der Waals surface area (Å²) >= 11 is 3.25. The Hall–Kier alpha value is -1.16. The van der Waals surface area contributed by atoms with Crippen molar-refractivity contribution in [3.63, 3.8) is 0 Å². The van der Waals surface area contributed by atoms with Crippen molar-refractivity contribution >= 4 is 31.9 Å². The number of amides is 1. The van der Waals surface area contributed by atoms with Gasteiger partial charge in [-0.3, -0.25) is 4.79 Å². The molecule has 1 fully saturated rings. The minimum atomic E-state index is -3.84. The van der Waals surface area contributed by atoms with Crippen LogP contribution in [-0.2, 0) is 19.6 Å². The van der Waals surface area contributed by atoms with Crippen LogP contribution in [0.15, 0.2) is 27.6 Å². The van der Waals surface area contributed by atoms with E-state index in [2.05, 4.69) is 15.9 Å². The minimum absolute atomic E-state index is 0.0200. The van der Waals surface area contributed by atoms with Gasteiger partial charge in [-0.25, -0.2) is 8.42 Å². The van der Waals surface area contributed by atoms with Gasteiger partial charge in [-0.2, -0.15) is 4.31 Å². The number of benzene rings is 1. The summed E-state index contributed by atoms with van der Waals surface area (Å²) in [5.41, 5.74) is 0. The van der Waals surface area contributed by atoms with Crippen LogP contribution in [0.4, 0.5) is 0 Å². The molecule has 7 nitrogen and oxygen atoms in total. The summed E-state index contributed by atoms with van der Waals surface area (Å²) in [6.45, 7) is 1.68. The van der Waals surface area contributed by atoms with Gasteiger partial charge in [0.25, 0.3) is 0 Å². The Morgan fingerprint density at radius 2 is 2.04 bits per heavy atom. The molecule has 0 radical (unpaired) electrons. The second-order valence-corrected chi connectivity index (χ2v) is 7.98. The van der Waals surface area contributed by atoms with Gasteiger partial charge >= 0.3 is 0 Å². The van der Waals surface area contributed by atoms with Crippen LogP contribution in [0.5, 0.6) is 5.75 Å². The second-order valence-electron chi connectivity index (χ2n) is 5.05. The van der Waals surface area contributed by atoms with E-state index in [0.717, 1.165) is 4.31 Å². The third-order valence-electron chi connectivity index (χ3n) is 3.54. The van der Waals surface area contributed by atoms with Gasteiger partial charge in [0.2, 0.25) is 15.9 Å². The van der Waals surface area contributed by atoms with Crippen LogP contribution in [0.3, 0.4) is 0 Å². The van der Waals surface area contributed by atoms with Crippen molar-refractivity contribution in [1.82, 2.24) is 9.21 Å². The smallest absolute Gasteiger partial charge is 0.247 e. The number of hydrogen-bond donors (Lipinski definition) is 0. The SMILES string of the molecule is COc1ccc(Br)cc1S(=O)(=O)N(C)CC(=O)N1CCOCC1. The number of carbonyl (C=O) groups is 1. The van der Waals surface area contributed by atoms with Crippen LogP contribution < -0.4 is 4.74 Å². The molecule has 23 heavy (non-hydrogen) atoms. The van der Waals surface area contributed by atoms with Gasteiger partial charge in [0, 0.05) is 24.6 Å². The van der Waals surface area contributed by atoms with E-state index >= 15 is 0 Å². The molecule has 0 atom stereocenters. The molecule has 1 amide bonds. The fraction of sp³-hybridized carbons (Fsp3) is 0.500. The van der Waals surface area contributed by atoms with Gasteiger partial charge < -0.3 is 14.4 Å². The first-order chi connectivity index (χ1) is 10.9. The summed E-state index contributed by atoms with van der Waals surface area (Å²) in [5.74, 6) is -0.00721. The standard InChI is InChI=1S/C14H19BrN2O5S/c1-16(10-14(18)17-5-7-22-8-6-17)23(19,20)13-9-11(15)3-4-12(13)21-2/h3-4,9H,5-8,10H2,1-2H3. The maximum absolute atomic E-state index is 12.7. The largest absolute Gasteiger partial charge is 0.495 e. The molecule has 0 spiro atoms. The van der Waals surface area contributed by atoms with Crippen molar-refractivity contribution in [2.75, 3.05) is 47.0 Å². The minimum Gasteiger partial charge on any atom is -0.495 e. The Labute approximate surface area is 144 Å². The molecular weight excluding hydrogens is 388 g/mol. The summed E-state index contributed by atoms with van der Waals surface area (Å²) in [5, 5.41) is 0. The van der Waals surface area contributed by atoms with E-state index in [0.29, 0.717) is 30.8 Å². The van der Waals surface area contributed by atoms with Gasteiger partial charge in [-0.15, -0.1) is 0 Å². The molecule has 1 saturated heterocycles. The summed E-state index contributed by atoms with van der Waals surface area (Å²) in [4.78, 5) is 13.9. The van der Waals surface area contributed by atoms with Crippen molar-refractivity contribution in [3.8, 4) is 5.75 Å². The summed E-state index contributed by atoms with van der Waals surface area (Å²) in [6, 6.07) is 4.72. The number of carbonyl (C=O) groups excluding carboxylic acids is 1. The monoisotopic (exact) mass is 406 g/mol. The summed E-state index contributed by atoms with van der Waals surface area (Å²) < 4.78 is 37.4. The predicted octanol–water partition coefficient (Wildman–Crippen LogP) is 0.937. The van der Waals surface area contributed by atoms with Crippen LogP contribution in [0.25, 0.3) is 0 Å². The number of hydrogen-bond acceptors (Lipinski definition) is 5. The molecule has 0 aromatic heterocycles. The van der Waals surface area contributed by atoms with Crippen LogP contribution in [0.1, 0.15) is 0 Å². The Morgan fingerprint density at radius 3 is 2.65 bits per heavy atom. The third kappa shape index (κ3) is 4.23. The van der Waals surface area contributed by atoms with E-state index in [1.807, 2.05) is 0 Å². The van der Waals surface area contributed by atoms with Gasteiger partial charge in [0.05, 0.1) is 26.9 Å². The highest BCUT2D eigenvalue weighted by Crippen LogP contribution is 2.29. The fourth-order valence-electron chi connectivity index (χ4n) is 2.21. The number of sulfonamides is 1. The average Bonchev–Trinajstić information content (AvgIpc) is 2.55. The first-order valence-corrected chi connectivity index (χ1v) is 9.25. The quantitative estimate of drug-likeness (QED) is 0.726. The first kappa shape index (κ1) is 18.2. The van der Waals surface area contributed by atoms with Crippen molar-refractivity contribution in [1.29, 1.82) is 0 Å². The van der Waals surface area contributed by atoms with Gasteiger partial charge in [0.1, 0.15) is 10.6 Å². The number of nitrogens with zero attached hydrogens (tertiary/aromatic N) is 2. The van der Waals surface area contributed by atoms with Crippen LogP contribution in [0.2, 0.25) is 0 Å². The Balaban J connectivity index is 2.18. The number of methoxy groups -OCH3 is 1. The Morgan fingerprint density at radius 1 is 1.39 bits per heavy atom. The molecule has 1 heterocycles. The highest BCUT2D eigenvalue weighted by molar-refractivity contribution is 9.10. The lowest BCUT2D eigenvalue weighted by Gasteiger charge is -2.28. The highest BCUT2D eigenvalue weighted by Gasteiger charge is 2.28. The zero-order chi connectivity index (χ0) is 17.0. The van der Waals surface area contributed by atoms with Crippen molar-refractivity contribution < 1.29 is 22.7 Å². The zero-order valence-corrected chi connectivity index (χ0v) is 15.4. The third-order valence-corrected chi connectivity index (χ3v) is 5.85. The van der Waals surface area contributed by atoms with Crippen LogP contribution in [0, 0.1) is 0 Å². The van der Waals surface area contributed by atoms with Crippen molar-refractivity contribution in [2.24, 2.45) is 0 Å². The van der Waals surface area contributed by atoms with E-state index in [1.54, 1.807) is 17.0 Å². The maximum Gasteiger partial charge on any atom is 0.247 e. The lowest BCUT2D eigenvalue weighted by atomic mass is 10.3. The van der Waals surface area contributed by atoms with Crippen molar-refractivity contribution in [2.45, 2.75) is 4.90 Å². The second kappa shape index (κ2) is 7.61. The topological polar surface area (TPSA) is 76.2 Å². The number of halogens is 1. The molecule has 1 aromatic rings. The molecule has 1 aliphatic heterocycles. The molecular formula is C14H19BrN2O5S. The maximum atomic E-state index is 12.7. The lowest BCUT2D eigenvalue weighted by molar-refractivity contribution is -0.135. The molecule has 0 bridgehead atoms. The Kier molecular flexibility index (Phi) is 6.01. The normalized spacial score (nSPS) is 15.7. The molecule has 9 heteroatoms. The molecule has 0 N–H and O–H groups in total. The van der Waals surface area contributed by atoms with Crippen molar-refractivity contribution in [3.05, 3.63) is 22.7 Å². The number of morpholine rings is 1. The van der Waals surface area contributed by atoms with Gasteiger partial charge in [-0.05, 0) is 18.2 Å². The zero-order valence-electron chi connectivity index (χ0n) is 13.0. The highest BCUT2D eigenvalue weighted by atomic mass is 79.9. The van der Waals surface area contributed by atoms with Gasteiger partial charge in [-0.1, -0.05) is 15.9 Å². The fourth-order valence-corrected chi connectivity index (χ4v) is 4.02. The predicted molar refractivity (Wildman–Crippen MR) is 87.9 cm³/mol. The molecule has 128 valence electrons. The summed E-state index contributed by atoms with van der Waals surface area (Å²) in [6.07, 6.45) is 0. The van der Waals surface area contributed by atoms with E-state index in [-0.39, 0.29) is 23.1 Å². The first-order valence-electron chi connectivity index (χ1n) is 7.01. The van der Waals surface area contributed by atoms with E-state index in [9.17, 15) is 13.2 Å².